The van der Waals surface area contributed by atoms with Gasteiger partial charge in [-0.15, -0.1) is 0 Å². The molecule has 1 aliphatic rings. The van der Waals surface area contributed by atoms with Crippen LogP contribution >= 0.6 is 15.9 Å². The predicted octanol–water partition coefficient (Wildman–Crippen LogP) is 2.97. The Balaban J connectivity index is 2.43. The maximum Gasteiger partial charge on any atom is 0.408 e. The van der Waals surface area contributed by atoms with Crippen LogP contribution in [0.15, 0.2) is 22.7 Å². The van der Waals surface area contributed by atoms with Crippen LogP contribution in [0.25, 0.3) is 0 Å². The van der Waals surface area contributed by atoms with Crippen molar-refractivity contribution in [2.24, 2.45) is 0 Å². The van der Waals surface area contributed by atoms with Gasteiger partial charge in [-0.2, -0.15) is 13.2 Å². The van der Waals surface area contributed by atoms with E-state index in [0.29, 0.717) is 30.7 Å². The molecule has 0 radical (unpaired) electrons. The highest BCUT2D eigenvalue weighted by Crippen LogP contribution is 2.42. The Morgan fingerprint density at radius 1 is 1.30 bits per heavy atom. The zero-order chi connectivity index (χ0) is 14.8. The van der Waals surface area contributed by atoms with Crippen molar-refractivity contribution in [3.8, 4) is 5.75 Å². The molecule has 0 bridgehead atoms. The molecule has 1 aliphatic heterocycles. The number of methoxy groups -OCH3 is 1. The number of hydrogen-bond donors (Lipinski definition) is 1. The van der Waals surface area contributed by atoms with Gasteiger partial charge in [0, 0.05) is 36.2 Å². The van der Waals surface area contributed by atoms with Gasteiger partial charge >= 0.3 is 6.18 Å². The molecular formula is C13H16BrF3N2O. The fourth-order valence-electron chi connectivity index (χ4n) is 2.44. The molecule has 0 saturated carbocycles. The van der Waals surface area contributed by atoms with E-state index in [2.05, 4.69) is 21.2 Å². The summed E-state index contributed by atoms with van der Waals surface area (Å²) >= 11 is 3.23. The molecule has 1 saturated heterocycles. The van der Waals surface area contributed by atoms with Gasteiger partial charge in [-0.1, -0.05) is 15.9 Å². The molecule has 2 rings (SSSR count). The van der Waals surface area contributed by atoms with Crippen LogP contribution in [0, 0.1) is 0 Å². The summed E-state index contributed by atoms with van der Waals surface area (Å²) in [6.07, 6.45) is -4.34. The van der Waals surface area contributed by atoms with Crippen molar-refractivity contribution >= 4 is 15.9 Å². The first-order chi connectivity index (χ1) is 9.43. The van der Waals surface area contributed by atoms with Crippen molar-refractivity contribution in [3.63, 3.8) is 0 Å². The van der Waals surface area contributed by atoms with Crippen molar-refractivity contribution < 1.29 is 17.9 Å². The lowest BCUT2D eigenvalue weighted by Gasteiger charge is -2.36. The smallest absolute Gasteiger partial charge is 0.408 e. The Hall–Kier alpha value is -0.790. The van der Waals surface area contributed by atoms with Crippen LogP contribution in [-0.2, 0) is 0 Å². The summed E-state index contributed by atoms with van der Waals surface area (Å²) in [5.41, 5.74) is 0.149. The van der Waals surface area contributed by atoms with Gasteiger partial charge < -0.3 is 10.1 Å². The summed E-state index contributed by atoms with van der Waals surface area (Å²) in [6.45, 7) is 1.84. The number of alkyl halides is 3. The van der Waals surface area contributed by atoms with Crippen molar-refractivity contribution in [2.75, 3.05) is 33.3 Å². The molecule has 3 nitrogen and oxygen atoms in total. The zero-order valence-corrected chi connectivity index (χ0v) is 12.6. The number of hydrogen-bond acceptors (Lipinski definition) is 3. The third kappa shape index (κ3) is 3.45. The van der Waals surface area contributed by atoms with E-state index in [1.54, 1.807) is 12.1 Å². The van der Waals surface area contributed by atoms with Gasteiger partial charge in [-0.3, -0.25) is 4.90 Å². The summed E-state index contributed by atoms with van der Waals surface area (Å²) in [4.78, 5) is 1.45. The minimum absolute atomic E-state index is 0.149. The fourth-order valence-corrected chi connectivity index (χ4v) is 2.82. The highest BCUT2D eigenvalue weighted by Gasteiger charge is 2.46. The maximum atomic E-state index is 13.5. The average molecular weight is 353 g/mol. The molecule has 1 aromatic rings. The van der Waals surface area contributed by atoms with Crippen molar-refractivity contribution in [1.82, 2.24) is 10.2 Å². The molecule has 1 atom stereocenters. The molecular weight excluding hydrogens is 337 g/mol. The van der Waals surface area contributed by atoms with E-state index in [0.717, 1.165) is 0 Å². The molecule has 1 aromatic carbocycles. The first kappa shape index (κ1) is 15.6. The van der Waals surface area contributed by atoms with Crippen LogP contribution < -0.4 is 10.1 Å². The SMILES string of the molecule is COc1ccc(Br)cc1[C@H](N1CCNCC1)C(F)(F)F. The van der Waals surface area contributed by atoms with Gasteiger partial charge in [-0.05, 0) is 18.2 Å². The lowest BCUT2D eigenvalue weighted by molar-refractivity contribution is -0.188. The Bertz CT molecular complexity index is 461. The Labute approximate surface area is 124 Å². The summed E-state index contributed by atoms with van der Waals surface area (Å²) in [6, 6.07) is 3.07. The number of nitrogens with zero attached hydrogens (tertiary/aromatic N) is 1. The van der Waals surface area contributed by atoms with Gasteiger partial charge in [-0.25, -0.2) is 0 Å². The number of nitrogens with one attached hydrogen (secondary N) is 1. The monoisotopic (exact) mass is 352 g/mol. The topological polar surface area (TPSA) is 24.5 Å². The molecule has 0 amide bonds. The van der Waals surface area contributed by atoms with Gasteiger partial charge in [0.1, 0.15) is 11.8 Å². The minimum atomic E-state index is -4.34. The van der Waals surface area contributed by atoms with Crippen LogP contribution in [0.2, 0.25) is 0 Å². The molecule has 1 N–H and O–H groups in total. The molecule has 7 heteroatoms. The van der Waals surface area contributed by atoms with Gasteiger partial charge in [0.2, 0.25) is 0 Å². The first-order valence-electron chi connectivity index (χ1n) is 6.28. The summed E-state index contributed by atoms with van der Waals surface area (Å²) in [5, 5.41) is 3.06. The second-order valence-electron chi connectivity index (χ2n) is 4.62. The van der Waals surface area contributed by atoms with Gasteiger partial charge in [0.05, 0.1) is 7.11 Å². The van der Waals surface area contributed by atoms with Gasteiger partial charge in [0.15, 0.2) is 0 Å². The fraction of sp³-hybridized carbons (Fsp3) is 0.538. The van der Waals surface area contributed by atoms with E-state index >= 15 is 0 Å². The summed E-state index contributed by atoms with van der Waals surface area (Å²) < 4.78 is 46.2. The predicted molar refractivity (Wildman–Crippen MR) is 73.9 cm³/mol. The zero-order valence-electron chi connectivity index (χ0n) is 11.0. The molecule has 112 valence electrons. The number of rotatable bonds is 3. The lowest BCUT2D eigenvalue weighted by atomic mass is 10.0. The Morgan fingerprint density at radius 3 is 2.50 bits per heavy atom. The van der Waals surface area contributed by atoms with Crippen LogP contribution in [0.1, 0.15) is 11.6 Å². The third-order valence-electron chi connectivity index (χ3n) is 3.31. The Kier molecular flexibility index (Phi) is 4.93. The quantitative estimate of drug-likeness (QED) is 0.904. The second-order valence-corrected chi connectivity index (χ2v) is 5.53. The number of halogens is 4. The van der Waals surface area contributed by atoms with Crippen LogP contribution in [0.4, 0.5) is 13.2 Å². The Morgan fingerprint density at radius 2 is 1.95 bits per heavy atom. The standard InChI is InChI=1S/C13H16BrF3N2O/c1-20-11-3-2-9(14)8-10(11)12(13(15,16)17)19-6-4-18-5-7-19/h2-3,8,12,18H,4-7H2,1H3/t12-/m0/s1. The van der Waals surface area contributed by atoms with Crippen molar-refractivity contribution in [1.29, 1.82) is 0 Å². The summed E-state index contributed by atoms with van der Waals surface area (Å²) in [7, 11) is 1.39. The second kappa shape index (κ2) is 6.32. The van der Waals surface area contributed by atoms with E-state index in [9.17, 15) is 13.2 Å². The molecule has 1 fully saturated rings. The van der Waals surface area contributed by atoms with E-state index < -0.39 is 12.2 Å². The third-order valence-corrected chi connectivity index (χ3v) is 3.81. The minimum Gasteiger partial charge on any atom is -0.496 e. The average Bonchev–Trinajstić information content (AvgIpc) is 2.39. The van der Waals surface area contributed by atoms with Crippen LogP contribution in [0.5, 0.6) is 5.75 Å². The largest absolute Gasteiger partial charge is 0.496 e. The maximum absolute atomic E-state index is 13.5. The number of ether oxygens (including phenoxy) is 1. The molecule has 0 aromatic heterocycles. The summed E-state index contributed by atoms with van der Waals surface area (Å²) in [5.74, 6) is 0.258. The lowest BCUT2D eigenvalue weighted by Crippen LogP contribution is -2.49. The molecule has 20 heavy (non-hydrogen) atoms. The van der Waals surface area contributed by atoms with Gasteiger partial charge in [0.25, 0.3) is 0 Å². The molecule has 0 aliphatic carbocycles. The highest BCUT2D eigenvalue weighted by atomic mass is 79.9. The van der Waals surface area contributed by atoms with E-state index in [-0.39, 0.29) is 11.3 Å². The van der Waals surface area contributed by atoms with E-state index in [1.807, 2.05) is 0 Å². The molecule has 1 heterocycles. The first-order valence-corrected chi connectivity index (χ1v) is 7.07. The van der Waals surface area contributed by atoms with Crippen LogP contribution in [0.3, 0.4) is 0 Å². The molecule has 0 spiro atoms. The number of benzene rings is 1. The van der Waals surface area contributed by atoms with Crippen molar-refractivity contribution in [2.45, 2.75) is 12.2 Å². The van der Waals surface area contributed by atoms with Crippen molar-refractivity contribution in [3.05, 3.63) is 28.2 Å². The van der Waals surface area contributed by atoms with E-state index in [1.165, 1.54) is 18.1 Å². The number of piperazine rings is 1. The van der Waals surface area contributed by atoms with E-state index in [4.69, 9.17) is 4.74 Å². The normalized spacial score (nSPS) is 18.9. The molecule has 0 unspecified atom stereocenters. The van der Waals surface area contributed by atoms with Crippen LogP contribution in [-0.4, -0.2) is 44.4 Å². The highest BCUT2D eigenvalue weighted by molar-refractivity contribution is 9.10.